The average molecular weight is 377 g/mol. The topological polar surface area (TPSA) is 54.7 Å². The predicted octanol–water partition coefficient (Wildman–Crippen LogP) is 2.76. The van der Waals surface area contributed by atoms with E-state index in [0.29, 0.717) is 6.61 Å². The van der Waals surface area contributed by atoms with Gasteiger partial charge in [-0.05, 0) is 22.8 Å². The van der Waals surface area contributed by atoms with Crippen molar-refractivity contribution < 1.29 is 4.74 Å². The smallest absolute Gasteiger partial charge is 0.193 e. The molecule has 1 saturated heterocycles. The number of aromatic nitrogens is 2. The minimum Gasteiger partial charge on any atom is -0.370 e. The molecule has 6 nitrogen and oxygen atoms in total. The maximum atomic E-state index is 5.95. The average Bonchev–Trinajstić information content (AvgIpc) is 3.18. The number of nitrogens with one attached hydrogen (secondary N) is 1. The van der Waals surface area contributed by atoms with Crippen molar-refractivity contribution in [3.8, 4) is 0 Å². The van der Waals surface area contributed by atoms with E-state index in [1.165, 1.54) is 16.3 Å². The van der Waals surface area contributed by atoms with Crippen LogP contribution in [0.2, 0.25) is 0 Å². The summed E-state index contributed by atoms with van der Waals surface area (Å²) in [6.45, 7) is 3.14. The lowest BCUT2D eigenvalue weighted by atomic mass is 10.0. The fourth-order valence-corrected chi connectivity index (χ4v) is 3.80. The van der Waals surface area contributed by atoms with Gasteiger partial charge in [-0.3, -0.25) is 9.67 Å². The van der Waals surface area contributed by atoms with Gasteiger partial charge in [0.1, 0.15) is 6.10 Å². The Morgan fingerprint density at radius 2 is 2.11 bits per heavy atom. The summed E-state index contributed by atoms with van der Waals surface area (Å²) in [6.07, 6.45) is 4.88. The molecule has 1 aliphatic rings. The summed E-state index contributed by atoms with van der Waals surface area (Å²) in [5, 5.41) is 10.4. The number of aryl methyl sites for hydroxylation is 1. The number of rotatable bonds is 4. The van der Waals surface area contributed by atoms with Crippen molar-refractivity contribution in [1.29, 1.82) is 0 Å². The standard InChI is InChI=1S/C22H27N5O/c1-23-22(27-12-13-28-21(16-27)19-14-25-26(2)15-19)24-11-10-18-8-5-7-17-6-3-4-9-20(17)18/h3-9,14-15,21H,10-13,16H2,1-2H3,(H,23,24). The fourth-order valence-electron chi connectivity index (χ4n) is 3.80. The van der Waals surface area contributed by atoms with Crippen LogP contribution in [0.3, 0.4) is 0 Å². The Bertz CT molecular complexity index is 959. The van der Waals surface area contributed by atoms with Crippen molar-refractivity contribution in [1.82, 2.24) is 20.0 Å². The van der Waals surface area contributed by atoms with Crippen molar-refractivity contribution in [2.24, 2.45) is 12.0 Å². The monoisotopic (exact) mass is 377 g/mol. The Morgan fingerprint density at radius 3 is 2.93 bits per heavy atom. The van der Waals surface area contributed by atoms with Gasteiger partial charge in [0.15, 0.2) is 5.96 Å². The van der Waals surface area contributed by atoms with E-state index >= 15 is 0 Å². The van der Waals surface area contributed by atoms with Crippen LogP contribution in [0.4, 0.5) is 0 Å². The molecule has 0 spiro atoms. The van der Waals surface area contributed by atoms with Gasteiger partial charge in [-0.25, -0.2) is 0 Å². The highest BCUT2D eigenvalue weighted by Gasteiger charge is 2.25. The summed E-state index contributed by atoms with van der Waals surface area (Å²) >= 11 is 0. The third kappa shape index (κ3) is 4.02. The highest BCUT2D eigenvalue weighted by atomic mass is 16.5. The predicted molar refractivity (Wildman–Crippen MR) is 112 cm³/mol. The summed E-state index contributed by atoms with van der Waals surface area (Å²) in [7, 11) is 3.77. The number of hydrogen-bond acceptors (Lipinski definition) is 3. The van der Waals surface area contributed by atoms with E-state index in [0.717, 1.165) is 37.6 Å². The molecule has 1 N–H and O–H groups in total. The Hall–Kier alpha value is -2.86. The van der Waals surface area contributed by atoms with E-state index in [1.54, 1.807) is 0 Å². The second-order valence-electron chi connectivity index (χ2n) is 7.12. The zero-order chi connectivity index (χ0) is 19.3. The van der Waals surface area contributed by atoms with Gasteiger partial charge in [-0.15, -0.1) is 0 Å². The van der Waals surface area contributed by atoms with Crippen molar-refractivity contribution in [3.63, 3.8) is 0 Å². The molecule has 4 rings (SSSR count). The van der Waals surface area contributed by atoms with Crippen molar-refractivity contribution in [2.75, 3.05) is 33.3 Å². The number of nitrogens with zero attached hydrogens (tertiary/aromatic N) is 4. The summed E-state index contributed by atoms with van der Waals surface area (Å²) in [4.78, 5) is 6.76. The molecule has 6 heteroatoms. The summed E-state index contributed by atoms with van der Waals surface area (Å²) in [6, 6.07) is 15.1. The molecule has 0 radical (unpaired) electrons. The summed E-state index contributed by atoms with van der Waals surface area (Å²) in [5.74, 6) is 0.928. The second kappa shape index (κ2) is 8.44. The molecule has 146 valence electrons. The molecule has 1 fully saturated rings. The molecular weight excluding hydrogens is 350 g/mol. The molecule has 0 saturated carbocycles. The number of ether oxygens (including phenoxy) is 1. The number of guanidine groups is 1. The highest BCUT2D eigenvalue weighted by Crippen LogP contribution is 2.22. The van der Waals surface area contributed by atoms with E-state index in [4.69, 9.17) is 4.74 Å². The van der Waals surface area contributed by atoms with Crippen LogP contribution in [-0.4, -0.2) is 53.9 Å². The molecule has 0 aliphatic carbocycles. The van der Waals surface area contributed by atoms with Crippen LogP contribution in [0.1, 0.15) is 17.2 Å². The Kier molecular flexibility index (Phi) is 5.58. The van der Waals surface area contributed by atoms with E-state index in [2.05, 4.69) is 62.8 Å². The van der Waals surface area contributed by atoms with Gasteiger partial charge in [0.25, 0.3) is 0 Å². The molecule has 2 heterocycles. The third-order valence-corrected chi connectivity index (χ3v) is 5.23. The van der Waals surface area contributed by atoms with Crippen LogP contribution in [0.15, 0.2) is 59.9 Å². The molecule has 0 bridgehead atoms. The lowest BCUT2D eigenvalue weighted by Gasteiger charge is -2.34. The minimum absolute atomic E-state index is 0.0269. The molecule has 2 aromatic carbocycles. The van der Waals surface area contributed by atoms with Gasteiger partial charge in [0.05, 0.1) is 19.3 Å². The minimum atomic E-state index is 0.0269. The van der Waals surface area contributed by atoms with E-state index in [9.17, 15) is 0 Å². The van der Waals surface area contributed by atoms with Gasteiger partial charge < -0.3 is 15.0 Å². The van der Waals surface area contributed by atoms with Gasteiger partial charge >= 0.3 is 0 Å². The van der Waals surface area contributed by atoms with Crippen LogP contribution in [0, 0.1) is 0 Å². The first-order chi connectivity index (χ1) is 13.7. The fraction of sp³-hybridized carbons (Fsp3) is 0.364. The van der Waals surface area contributed by atoms with E-state index < -0.39 is 0 Å². The van der Waals surface area contributed by atoms with E-state index in [1.807, 2.05) is 31.2 Å². The van der Waals surface area contributed by atoms with Crippen molar-refractivity contribution >= 4 is 16.7 Å². The third-order valence-electron chi connectivity index (χ3n) is 5.23. The first-order valence-corrected chi connectivity index (χ1v) is 9.77. The molecule has 1 unspecified atom stereocenters. The zero-order valence-corrected chi connectivity index (χ0v) is 16.5. The Balaban J connectivity index is 1.38. The molecule has 1 aromatic heterocycles. The lowest BCUT2D eigenvalue weighted by Crippen LogP contribution is -2.48. The SMILES string of the molecule is CN=C(NCCc1cccc2ccccc12)N1CCOC(c2cnn(C)c2)C1. The summed E-state index contributed by atoms with van der Waals surface area (Å²) < 4.78 is 7.76. The first kappa shape index (κ1) is 18.5. The van der Waals surface area contributed by atoms with Gasteiger partial charge in [0, 0.05) is 38.9 Å². The normalized spacial score (nSPS) is 17.9. The van der Waals surface area contributed by atoms with Crippen LogP contribution in [0.25, 0.3) is 10.8 Å². The van der Waals surface area contributed by atoms with Gasteiger partial charge in [-0.2, -0.15) is 5.10 Å². The van der Waals surface area contributed by atoms with Crippen LogP contribution in [-0.2, 0) is 18.2 Å². The maximum absolute atomic E-state index is 5.95. The largest absolute Gasteiger partial charge is 0.370 e. The molecular formula is C22H27N5O. The van der Waals surface area contributed by atoms with Crippen molar-refractivity contribution in [2.45, 2.75) is 12.5 Å². The van der Waals surface area contributed by atoms with E-state index in [-0.39, 0.29) is 6.10 Å². The first-order valence-electron chi connectivity index (χ1n) is 9.77. The molecule has 1 aliphatic heterocycles. The second-order valence-corrected chi connectivity index (χ2v) is 7.12. The Morgan fingerprint density at radius 1 is 1.25 bits per heavy atom. The lowest BCUT2D eigenvalue weighted by molar-refractivity contribution is -0.00800. The van der Waals surface area contributed by atoms with Gasteiger partial charge in [0.2, 0.25) is 0 Å². The number of aliphatic imine (C=N–C) groups is 1. The number of morpholine rings is 1. The molecule has 28 heavy (non-hydrogen) atoms. The van der Waals surface area contributed by atoms with Crippen LogP contribution in [0.5, 0.6) is 0 Å². The van der Waals surface area contributed by atoms with Crippen molar-refractivity contribution in [3.05, 3.63) is 66.0 Å². The van der Waals surface area contributed by atoms with Crippen LogP contribution < -0.4 is 5.32 Å². The Labute approximate surface area is 165 Å². The van der Waals surface area contributed by atoms with Gasteiger partial charge in [-0.1, -0.05) is 42.5 Å². The number of benzene rings is 2. The molecule has 3 aromatic rings. The zero-order valence-electron chi connectivity index (χ0n) is 16.5. The number of hydrogen-bond donors (Lipinski definition) is 1. The molecule has 1 atom stereocenters. The maximum Gasteiger partial charge on any atom is 0.193 e. The molecule has 0 amide bonds. The van der Waals surface area contributed by atoms with Crippen LogP contribution >= 0.6 is 0 Å². The number of fused-ring (bicyclic) bond motifs is 1. The summed E-state index contributed by atoms with van der Waals surface area (Å²) in [5.41, 5.74) is 2.47. The quantitative estimate of drug-likeness (QED) is 0.561. The highest BCUT2D eigenvalue weighted by molar-refractivity contribution is 5.85.